The Morgan fingerprint density at radius 2 is 0.737 bits per heavy atom. The molecule has 6 aromatic carbocycles. The number of rotatable bonds is 19. The molecule has 2 N–H and O–H groups in total. The number of hydrogen-bond acceptors (Lipinski definition) is 15. The topological polar surface area (TPSA) is 175 Å². The number of carbonyl (C=O) groups excluding carboxylic acids is 4. The third kappa shape index (κ3) is 17.9. The van der Waals surface area contributed by atoms with E-state index in [0.29, 0.717) is 75.7 Å². The normalized spacial score (nSPS) is 19.4. The van der Waals surface area contributed by atoms with Gasteiger partial charge in [-0.3, -0.25) is 29.0 Å². The SMILES string of the molecule is COc1cc2c(cc1OC)C(=O)/C(=C/c1cc[nH+]cc1)C2.COc1cc2c(cc1OC)C(=O)C(CC1CCN(Cc3ccccc3)CC1)C2.COc1cc2c(cc1OC)C(=O)C(CC1CCN(Cc3ccccc3)CC1)C2.COc1cc2c(cc1OC)C(=O)C(CC1CCNCC1)C2.[Cl-]. The Bertz CT molecular complexity index is 3780. The monoisotopic (exact) mass is 1360 g/mol. The Morgan fingerprint density at radius 3 is 1.09 bits per heavy atom. The molecule has 7 aliphatic rings. The number of aromatic amines is 1. The number of carbonyl (C=O) groups is 4. The van der Waals surface area contributed by atoms with Crippen LogP contribution in [0.3, 0.4) is 0 Å². The number of ether oxygens (including phenoxy) is 8. The number of nitrogens with one attached hydrogen (secondary N) is 2. The van der Waals surface area contributed by atoms with Crippen LogP contribution < -0.4 is 60.6 Å². The Labute approximate surface area is 590 Å². The lowest BCUT2D eigenvalue weighted by molar-refractivity contribution is -0.378. The van der Waals surface area contributed by atoms with E-state index in [9.17, 15) is 19.2 Å². The van der Waals surface area contributed by atoms with E-state index < -0.39 is 0 Å². The summed E-state index contributed by atoms with van der Waals surface area (Å²) in [6, 6.07) is 40.4. The van der Waals surface area contributed by atoms with Crippen LogP contribution in [0.4, 0.5) is 0 Å². The van der Waals surface area contributed by atoms with Gasteiger partial charge in [0.25, 0.3) is 0 Å². The van der Waals surface area contributed by atoms with Gasteiger partial charge in [-0.25, -0.2) is 4.98 Å². The van der Waals surface area contributed by atoms with Crippen LogP contribution in [0.2, 0.25) is 0 Å². The number of methoxy groups -OCH3 is 8. The molecule has 17 heteroatoms. The first-order valence-electron chi connectivity index (χ1n) is 34.9. The molecular formula is C82H97ClN4O12. The predicted octanol–water partition coefficient (Wildman–Crippen LogP) is 10.5. The number of ketones is 4. The largest absolute Gasteiger partial charge is 1.00 e. The molecule has 4 heterocycles. The smallest absolute Gasteiger partial charge is 0.189 e. The molecule has 16 nitrogen and oxygen atoms in total. The number of Topliss-reactive ketones (excluding diaryl/α,β-unsaturated/α-hetero) is 4. The van der Waals surface area contributed by atoms with Crippen LogP contribution in [0.25, 0.3) is 6.08 Å². The van der Waals surface area contributed by atoms with Crippen LogP contribution in [-0.4, -0.2) is 129 Å². The highest BCUT2D eigenvalue weighted by Gasteiger charge is 2.38. The third-order valence-electron chi connectivity index (χ3n) is 21.0. The molecule has 0 amide bonds. The molecule has 3 saturated heterocycles. The summed E-state index contributed by atoms with van der Waals surface area (Å²) in [5.41, 5.74) is 12.0. The van der Waals surface area contributed by atoms with Crippen molar-refractivity contribution in [2.24, 2.45) is 35.5 Å². The van der Waals surface area contributed by atoms with Crippen LogP contribution in [0.15, 0.2) is 139 Å². The lowest BCUT2D eigenvalue weighted by Crippen LogP contribution is -3.00. The summed E-state index contributed by atoms with van der Waals surface area (Å²) < 4.78 is 42.7. The summed E-state index contributed by atoms with van der Waals surface area (Å²) in [5, 5.41) is 3.38. The van der Waals surface area contributed by atoms with Crippen LogP contribution in [-0.2, 0) is 38.8 Å². The standard InChI is InChI=1S/2C24H29NO3.C17H23NO3.C17H15NO3.ClH/c2*1-27-22-14-19-13-20(24(26)21(19)15-23(22)28-2)12-17-8-10-25(11-9-17)16-18-6-4-3-5-7-18;2*1-20-15-9-12-8-13(7-11-3-5-18-6-4-11)17(19)14(12)10-16(15)21-2;/h2*3-7,14-15,17,20H,8-13,16H2,1-2H3;9-11,13,18H,3-8H2,1-2H3;3-7,9-10H,8H2,1-2H3;1H/b;;;13-7+;. The maximum Gasteiger partial charge on any atom is 0.189 e. The lowest BCUT2D eigenvalue weighted by atomic mass is 9.85. The van der Waals surface area contributed by atoms with Crippen molar-refractivity contribution in [3.63, 3.8) is 0 Å². The highest BCUT2D eigenvalue weighted by Crippen LogP contribution is 2.44. The minimum absolute atomic E-state index is 0. The minimum atomic E-state index is 0. The first kappa shape index (κ1) is 73.2. The Kier molecular flexibility index (Phi) is 25.9. The molecule has 3 fully saturated rings. The van der Waals surface area contributed by atoms with Crippen molar-refractivity contribution in [1.29, 1.82) is 0 Å². The third-order valence-corrected chi connectivity index (χ3v) is 21.0. The van der Waals surface area contributed by atoms with Crippen LogP contribution in [0.5, 0.6) is 46.0 Å². The number of allylic oxidation sites excluding steroid dienone is 1. The maximum atomic E-state index is 12.9. The fourth-order valence-electron chi connectivity index (χ4n) is 15.6. The van der Waals surface area contributed by atoms with Crippen molar-refractivity contribution in [1.82, 2.24) is 15.1 Å². The summed E-state index contributed by atoms with van der Waals surface area (Å²) in [5.74, 6) is 8.51. The second-order valence-electron chi connectivity index (χ2n) is 27.1. The fourth-order valence-corrected chi connectivity index (χ4v) is 15.6. The Hall–Kier alpha value is -8.54. The molecule has 524 valence electrons. The van der Waals surface area contributed by atoms with E-state index in [0.717, 1.165) is 141 Å². The van der Waals surface area contributed by atoms with Gasteiger partial charge in [0.2, 0.25) is 0 Å². The Balaban J connectivity index is 0.000000144. The van der Waals surface area contributed by atoms with E-state index >= 15 is 0 Å². The highest BCUT2D eigenvalue weighted by molar-refractivity contribution is 6.16. The van der Waals surface area contributed by atoms with Crippen molar-refractivity contribution in [3.8, 4) is 46.0 Å². The number of likely N-dealkylation sites (tertiary alicyclic amines) is 2. The van der Waals surface area contributed by atoms with Crippen LogP contribution >= 0.6 is 0 Å². The summed E-state index contributed by atoms with van der Waals surface area (Å²) in [4.78, 5) is 59.0. The molecule has 7 aromatic rings. The lowest BCUT2D eigenvalue weighted by Gasteiger charge is -2.32. The highest BCUT2D eigenvalue weighted by atomic mass is 35.5. The van der Waals surface area contributed by atoms with Crippen molar-refractivity contribution >= 4 is 29.2 Å². The second kappa shape index (κ2) is 35.0. The maximum absolute atomic E-state index is 12.9. The van der Waals surface area contributed by atoms with Gasteiger partial charge in [-0.05, 0) is 228 Å². The molecule has 14 rings (SSSR count). The summed E-state index contributed by atoms with van der Waals surface area (Å²) in [6.45, 7) is 8.70. The van der Waals surface area contributed by atoms with Crippen LogP contribution in [0.1, 0.15) is 138 Å². The van der Waals surface area contributed by atoms with Crippen molar-refractivity contribution in [2.45, 2.75) is 96.6 Å². The molecule has 1 aromatic heterocycles. The number of pyridine rings is 1. The Morgan fingerprint density at radius 1 is 0.414 bits per heavy atom. The molecule has 3 atom stereocenters. The minimum Gasteiger partial charge on any atom is -1.00 e. The van der Waals surface area contributed by atoms with E-state index in [1.54, 1.807) is 62.9 Å². The van der Waals surface area contributed by atoms with Gasteiger partial charge in [0, 0.05) is 77.2 Å². The first-order chi connectivity index (χ1) is 47.8. The summed E-state index contributed by atoms with van der Waals surface area (Å²) >= 11 is 0. The molecule has 0 spiro atoms. The molecule has 0 radical (unpaired) electrons. The molecule has 3 aliphatic heterocycles. The molecule has 0 bridgehead atoms. The number of H-pyrrole nitrogens is 1. The quantitative estimate of drug-likeness (QED) is 0.0757. The number of aromatic nitrogens is 1. The zero-order valence-electron chi connectivity index (χ0n) is 58.8. The molecule has 0 saturated carbocycles. The fraction of sp³-hybridized carbons (Fsp3) is 0.427. The van der Waals surface area contributed by atoms with E-state index in [-0.39, 0.29) is 53.3 Å². The van der Waals surface area contributed by atoms with Gasteiger partial charge in [0.05, 0.1) is 56.9 Å². The van der Waals surface area contributed by atoms with E-state index in [2.05, 4.69) is 80.8 Å². The van der Waals surface area contributed by atoms with Crippen molar-refractivity contribution in [3.05, 3.63) is 200 Å². The number of fused-ring (bicyclic) bond motifs is 4. The molecular weight excluding hydrogens is 1270 g/mol. The zero-order chi connectivity index (χ0) is 68.7. The number of halogens is 1. The van der Waals surface area contributed by atoms with Crippen molar-refractivity contribution in [2.75, 3.05) is 96.1 Å². The van der Waals surface area contributed by atoms with Gasteiger partial charge in [0.1, 0.15) is 0 Å². The molecule has 3 unspecified atom stereocenters. The number of hydrogen-bond donors (Lipinski definition) is 1. The summed E-state index contributed by atoms with van der Waals surface area (Å²) in [6.07, 6.45) is 18.8. The van der Waals surface area contributed by atoms with E-state index in [1.807, 2.05) is 73.1 Å². The average molecular weight is 1370 g/mol. The van der Waals surface area contributed by atoms with Crippen molar-refractivity contribution < 1.29 is 74.5 Å². The number of nitrogens with zero attached hydrogens (tertiary/aromatic N) is 2. The average Bonchev–Trinajstić information content (AvgIpc) is 1.67. The second-order valence-corrected chi connectivity index (χ2v) is 27.1. The van der Waals surface area contributed by atoms with Gasteiger partial charge in [0.15, 0.2) is 81.5 Å². The predicted molar refractivity (Wildman–Crippen MR) is 380 cm³/mol. The van der Waals surface area contributed by atoms with Gasteiger partial charge >= 0.3 is 0 Å². The van der Waals surface area contributed by atoms with Crippen LogP contribution in [0, 0.1) is 35.5 Å². The van der Waals surface area contributed by atoms with Gasteiger partial charge in [-0.1, -0.05) is 60.7 Å². The molecule has 99 heavy (non-hydrogen) atoms. The van der Waals surface area contributed by atoms with Gasteiger partial charge < -0.3 is 55.6 Å². The zero-order valence-corrected chi connectivity index (χ0v) is 59.5. The number of benzene rings is 6. The van der Waals surface area contributed by atoms with E-state index in [1.165, 1.54) is 49.7 Å². The molecule has 4 aliphatic carbocycles. The van der Waals surface area contributed by atoms with Gasteiger partial charge in [-0.15, -0.1) is 0 Å². The summed E-state index contributed by atoms with van der Waals surface area (Å²) in [7, 11) is 12.9. The first-order valence-corrected chi connectivity index (χ1v) is 34.9. The number of piperidine rings is 3. The van der Waals surface area contributed by atoms with Gasteiger partial charge in [-0.2, -0.15) is 0 Å². The van der Waals surface area contributed by atoms with E-state index in [4.69, 9.17) is 37.9 Å².